The van der Waals surface area contributed by atoms with E-state index in [-0.39, 0.29) is 5.54 Å². The van der Waals surface area contributed by atoms with Crippen LogP contribution >= 0.6 is 0 Å². The van der Waals surface area contributed by atoms with Crippen molar-refractivity contribution in [3.63, 3.8) is 0 Å². The second kappa shape index (κ2) is 15.1. The van der Waals surface area contributed by atoms with Crippen molar-refractivity contribution < 1.29 is 0 Å². The summed E-state index contributed by atoms with van der Waals surface area (Å²) in [5, 5.41) is 0. The lowest BCUT2D eigenvalue weighted by atomic mass is 9.80. The van der Waals surface area contributed by atoms with Gasteiger partial charge in [0.25, 0.3) is 0 Å². The van der Waals surface area contributed by atoms with E-state index in [4.69, 9.17) is 0 Å². The first-order valence-corrected chi connectivity index (χ1v) is 13.1. The monoisotopic (exact) mass is 399 g/mol. The van der Waals surface area contributed by atoms with Crippen molar-refractivity contribution in [2.45, 2.75) is 129 Å². The summed E-state index contributed by atoms with van der Waals surface area (Å²) in [5.41, 5.74) is 1.85. The molecule has 0 radical (unpaired) electrons. The maximum atomic E-state index is 2.81. The molecule has 0 saturated carbocycles. The second-order valence-electron chi connectivity index (χ2n) is 9.44. The minimum atomic E-state index is 0.287. The van der Waals surface area contributed by atoms with E-state index in [1.807, 2.05) is 0 Å². The van der Waals surface area contributed by atoms with Gasteiger partial charge >= 0.3 is 0 Å². The molecular weight excluding hydrogens is 350 g/mol. The summed E-state index contributed by atoms with van der Waals surface area (Å²) in [6.45, 7) is 7.30. The average Bonchev–Trinajstić information content (AvgIpc) is 3.30. The molecule has 0 aliphatic carbocycles. The minimum absolute atomic E-state index is 0.287. The van der Waals surface area contributed by atoms with Gasteiger partial charge in [-0.2, -0.15) is 0 Å². The zero-order valence-corrected chi connectivity index (χ0v) is 19.8. The van der Waals surface area contributed by atoms with Gasteiger partial charge in [0.15, 0.2) is 0 Å². The molecule has 1 aromatic carbocycles. The second-order valence-corrected chi connectivity index (χ2v) is 9.44. The van der Waals surface area contributed by atoms with Gasteiger partial charge in [-0.15, -0.1) is 0 Å². The van der Waals surface area contributed by atoms with Gasteiger partial charge in [0, 0.05) is 5.54 Å². The highest BCUT2D eigenvalue weighted by atomic mass is 15.2. The van der Waals surface area contributed by atoms with E-state index in [9.17, 15) is 0 Å². The Kier molecular flexibility index (Phi) is 12.7. The molecule has 0 bridgehead atoms. The molecule has 1 heterocycles. The molecule has 29 heavy (non-hydrogen) atoms. The van der Waals surface area contributed by atoms with E-state index in [0.717, 1.165) is 0 Å². The summed E-state index contributed by atoms with van der Waals surface area (Å²) in [5.74, 6) is 0. The number of unbranched alkanes of at least 4 members (excludes halogenated alkanes) is 12. The van der Waals surface area contributed by atoms with E-state index in [0.29, 0.717) is 0 Å². The zero-order valence-electron chi connectivity index (χ0n) is 19.8. The minimum Gasteiger partial charge on any atom is -0.294 e. The number of rotatable bonds is 17. The predicted octanol–water partition coefficient (Wildman–Crippen LogP) is 8.87. The normalized spacial score (nSPS) is 16.9. The zero-order chi connectivity index (χ0) is 20.6. The van der Waals surface area contributed by atoms with Gasteiger partial charge in [-0.05, 0) is 44.3 Å². The lowest BCUT2D eigenvalue weighted by Crippen LogP contribution is -2.44. The molecule has 166 valence electrons. The molecule has 1 fully saturated rings. The molecule has 1 saturated heterocycles. The van der Waals surface area contributed by atoms with Crippen LogP contribution in [0.25, 0.3) is 0 Å². The predicted molar refractivity (Wildman–Crippen MR) is 130 cm³/mol. The van der Waals surface area contributed by atoms with Gasteiger partial charge in [-0.1, -0.05) is 128 Å². The van der Waals surface area contributed by atoms with Crippen LogP contribution in [0.2, 0.25) is 0 Å². The highest BCUT2D eigenvalue weighted by molar-refractivity contribution is 5.25. The van der Waals surface area contributed by atoms with Crippen molar-refractivity contribution in [1.29, 1.82) is 0 Å². The van der Waals surface area contributed by atoms with Gasteiger partial charge in [0.05, 0.1) is 0 Å². The van der Waals surface area contributed by atoms with E-state index in [1.54, 1.807) is 5.56 Å². The van der Waals surface area contributed by atoms with Gasteiger partial charge in [-0.25, -0.2) is 0 Å². The maximum Gasteiger partial charge on any atom is 0.0458 e. The first kappa shape index (κ1) is 24.4. The van der Waals surface area contributed by atoms with Crippen LogP contribution in [0.15, 0.2) is 30.3 Å². The van der Waals surface area contributed by atoms with Crippen molar-refractivity contribution in [3.05, 3.63) is 35.9 Å². The Morgan fingerprint density at radius 3 is 1.62 bits per heavy atom. The summed E-state index contributed by atoms with van der Waals surface area (Å²) in [6, 6.07) is 11.4. The molecule has 1 atom stereocenters. The summed E-state index contributed by atoms with van der Waals surface area (Å²) < 4.78 is 0. The summed E-state index contributed by atoms with van der Waals surface area (Å²) >= 11 is 0. The van der Waals surface area contributed by atoms with Crippen LogP contribution in [0, 0.1) is 0 Å². The molecule has 1 heteroatoms. The lowest BCUT2D eigenvalue weighted by molar-refractivity contribution is 0.0951. The number of hydrogen-bond acceptors (Lipinski definition) is 1. The first-order chi connectivity index (χ1) is 14.3. The molecule has 0 amide bonds. The Morgan fingerprint density at radius 2 is 1.14 bits per heavy atom. The average molecular weight is 400 g/mol. The van der Waals surface area contributed by atoms with Crippen LogP contribution < -0.4 is 0 Å². The van der Waals surface area contributed by atoms with Gasteiger partial charge in [-0.3, -0.25) is 4.90 Å². The fraction of sp³-hybridized carbons (Fsp3) is 0.786. The Bertz CT molecular complexity index is 490. The topological polar surface area (TPSA) is 3.24 Å². The Hall–Kier alpha value is -0.820. The third-order valence-electron chi connectivity index (χ3n) is 7.30. The SMILES string of the molecule is CCCCCCCCCCCCCCCC(CC)(c1ccccc1)N1CCCC1. The van der Waals surface area contributed by atoms with Gasteiger partial charge < -0.3 is 0 Å². The number of nitrogens with zero attached hydrogens (tertiary/aromatic N) is 1. The van der Waals surface area contributed by atoms with E-state index in [2.05, 4.69) is 49.1 Å². The molecule has 1 aliphatic rings. The standard InChI is InChI=1S/C28H49N/c1-3-5-6-7-8-9-10-11-12-13-14-15-19-24-28(4-2,29-25-20-21-26-29)27-22-17-16-18-23-27/h16-18,22-23H,3-15,19-21,24-26H2,1-2H3. The summed E-state index contributed by atoms with van der Waals surface area (Å²) in [6.07, 6.45) is 24.1. The van der Waals surface area contributed by atoms with E-state index < -0.39 is 0 Å². The van der Waals surface area contributed by atoms with Crippen molar-refractivity contribution in [1.82, 2.24) is 4.90 Å². The first-order valence-electron chi connectivity index (χ1n) is 13.1. The highest BCUT2D eigenvalue weighted by Gasteiger charge is 2.37. The molecule has 1 aliphatic heterocycles. The highest BCUT2D eigenvalue weighted by Crippen LogP contribution is 2.39. The molecule has 2 rings (SSSR count). The fourth-order valence-electron chi connectivity index (χ4n) is 5.42. The third-order valence-corrected chi connectivity index (χ3v) is 7.30. The van der Waals surface area contributed by atoms with Crippen LogP contribution in [0.1, 0.15) is 129 Å². The number of likely N-dealkylation sites (tertiary alicyclic amines) is 1. The van der Waals surface area contributed by atoms with Gasteiger partial charge in [0.1, 0.15) is 0 Å². The smallest absolute Gasteiger partial charge is 0.0458 e. The summed E-state index contributed by atoms with van der Waals surface area (Å²) in [7, 11) is 0. The van der Waals surface area contributed by atoms with Crippen molar-refractivity contribution in [2.24, 2.45) is 0 Å². The summed E-state index contributed by atoms with van der Waals surface area (Å²) in [4.78, 5) is 2.81. The molecule has 0 aromatic heterocycles. The Balaban J connectivity index is 1.61. The number of benzene rings is 1. The van der Waals surface area contributed by atoms with Crippen molar-refractivity contribution >= 4 is 0 Å². The maximum absolute atomic E-state index is 2.81. The van der Waals surface area contributed by atoms with Crippen LogP contribution in [0.4, 0.5) is 0 Å². The molecule has 0 spiro atoms. The Morgan fingerprint density at radius 1 is 0.655 bits per heavy atom. The molecule has 1 unspecified atom stereocenters. The quantitative estimate of drug-likeness (QED) is 0.236. The third kappa shape index (κ3) is 8.44. The molecule has 1 aromatic rings. The lowest BCUT2D eigenvalue weighted by Gasteiger charge is -2.42. The van der Waals surface area contributed by atoms with Crippen molar-refractivity contribution in [3.8, 4) is 0 Å². The van der Waals surface area contributed by atoms with Crippen LogP contribution in [-0.4, -0.2) is 18.0 Å². The van der Waals surface area contributed by atoms with Gasteiger partial charge in [0.2, 0.25) is 0 Å². The van der Waals surface area contributed by atoms with Crippen LogP contribution in [0.5, 0.6) is 0 Å². The number of hydrogen-bond donors (Lipinski definition) is 0. The molecule has 0 N–H and O–H groups in total. The van der Waals surface area contributed by atoms with E-state index >= 15 is 0 Å². The Labute approximate surface area is 182 Å². The van der Waals surface area contributed by atoms with Crippen LogP contribution in [-0.2, 0) is 5.54 Å². The fourth-order valence-corrected chi connectivity index (χ4v) is 5.42. The molecule has 1 nitrogen and oxygen atoms in total. The largest absolute Gasteiger partial charge is 0.294 e. The molecular formula is C28H49N. The van der Waals surface area contributed by atoms with E-state index in [1.165, 1.54) is 122 Å². The van der Waals surface area contributed by atoms with Crippen LogP contribution in [0.3, 0.4) is 0 Å². The van der Waals surface area contributed by atoms with Crippen molar-refractivity contribution in [2.75, 3.05) is 13.1 Å².